The number of benzene rings is 1. The van der Waals surface area contributed by atoms with E-state index in [1.165, 1.54) is 6.07 Å². The maximum Gasteiger partial charge on any atom is 0.335 e. The summed E-state index contributed by atoms with van der Waals surface area (Å²) in [5.41, 5.74) is 0.571. The van der Waals surface area contributed by atoms with Crippen molar-refractivity contribution >= 4 is 17.7 Å². The second-order valence-corrected chi connectivity index (χ2v) is 5.45. The summed E-state index contributed by atoms with van der Waals surface area (Å²) < 4.78 is 13.5. The van der Waals surface area contributed by atoms with Crippen LogP contribution in [0.25, 0.3) is 0 Å². The molecule has 1 aromatic carbocycles. The van der Waals surface area contributed by atoms with Gasteiger partial charge in [0.1, 0.15) is 5.82 Å². The maximum atomic E-state index is 13.5. The number of thioether (sulfide) groups is 1. The molecule has 0 atom stereocenters. The van der Waals surface area contributed by atoms with Gasteiger partial charge in [-0.1, -0.05) is 19.9 Å². The van der Waals surface area contributed by atoms with Gasteiger partial charge in [-0.25, -0.2) is 9.18 Å². The molecule has 4 heteroatoms. The van der Waals surface area contributed by atoms with Gasteiger partial charge in [-0.15, -0.1) is 0 Å². The normalized spacial score (nSPS) is 10.8. The second kappa shape index (κ2) is 6.64. The predicted molar refractivity (Wildman–Crippen MR) is 69.0 cm³/mol. The molecule has 0 aliphatic heterocycles. The third-order valence-corrected chi connectivity index (χ3v) is 3.44. The molecule has 0 spiro atoms. The maximum absolute atomic E-state index is 13.5. The van der Waals surface area contributed by atoms with Crippen molar-refractivity contribution in [3.63, 3.8) is 0 Å². The molecule has 0 unspecified atom stereocenters. The SMILES string of the molecule is CC(C)CCSCc1ccc(C(=O)O)cc1F. The first-order valence-electron chi connectivity index (χ1n) is 5.60. The predicted octanol–water partition coefficient (Wildman–Crippen LogP) is 3.80. The van der Waals surface area contributed by atoms with E-state index in [1.807, 2.05) is 0 Å². The lowest BCUT2D eigenvalue weighted by molar-refractivity contribution is 0.0696. The zero-order valence-corrected chi connectivity index (χ0v) is 10.9. The van der Waals surface area contributed by atoms with Gasteiger partial charge in [-0.3, -0.25) is 0 Å². The van der Waals surface area contributed by atoms with Crippen molar-refractivity contribution in [3.05, 3.63) is 35.1 Å². The summed E-state index contributed by atoms with van der Waals surface area (Å²) in [7, 11) is 0. The smallest absolute Gasteiger partial charge is 0.335 e. The largest absolute Gasteiger partial charge is 0.478 e. The number of rotatable bonds is 6. The molecule has 0 saturated heterocycles. The van der Waals surface area contributed by atoms with Crippen LogP contribution in [0.3, 0.4) is 0 Å². The van der Waals surface area contributed by atoms with Gasteiger partial charge in [0.25, 0.3) is 0 Å². The summed E-state index contributed by atoms with van der Waals surface area (Å²) in [6, 6.07) is 4.09. The van der Waals surface area contributed by atoms with E-state index in [2.05, 4.69) is 13.8 Å². The Morgan fingerprint density at radius 3 is 2.71 bits per heavy atom. The fourth-order valence-electron chi connectivity index (χ4n) is 1.30. The van der Waals surface area contributed by atoms with Crippen LogP contribution in [0.4, 0.5) is 4.39 Å². The van der Waals surface area contributed by atoms with E-state index in [9.17, 15) is 9.18 Å². The van der Waals surface area contributed by atoms with Crippen molar-refractivity contribution < 1.29 is 14.3 Å². The lowest BCUT2D eigenvalue weighted by Crippen LogP contribution is -1.99. The quantitative estimate of drug-likeness (QED) is 0.786. The van der Waals surface area contributed by atoms with E-state index in [4.69, 9.17) is 5.11 Å². The van der Waals surface area contributed by atoms with Crippen LogP contribution in [0.5, 0.6) is 0 Å². The van der Waals surface area contributed by atoms with Gasteiger partial charge in [0.2, 0.25) is 0 Å². The summed E-state index contributed by atoms with van der Waals surface area (Å²) in [6.07, 6.45) is 1.11. The third kappa shape index (κ3) is 4.77. The van der Waals surface area contributed by atoms with Crippen LogP contribution >= 0.6 is 11.8 Å². The van der Waals surface area contributed by atoms with Crippen molar-refractivity contribution in [3.8, 4) is 0 Å². The average molecular weight is 256 g/mol. The van der Waals surface area contributed by atoms with Crippen molar-refractivity contribution in [1.29, 1.82) is 0 Å². The Bertz CT molecular complexity index is 391. The standard InChI is InChI=1S/C13H17FO2S/c1-9(2)5-6-17-8-11-4-3-10(13(15)16)7-12(11)14/h3-4,7,9H,5-6,8H2,1-2H3,(H,15,16). The molecule has 0 aliphatic carbocycles. The van der Waals surface area contributed by atoms with Crippen molar-refractivity contribution in [2.24, 2.45) is 5.92 Å². The topological polar surface area (TPSA) is 37.3 Å². The first-order valence-corrected chi connectivity index (χ1v) is 6.75. The Labute approximate surface area is 105 Å². The van der Waals surface area contributed by atoms with Crippen molar-refractivity contribution in [2.45, 2.75) is 26.0 Å². The van der Waals surface area contributed by atoms with E-state index < -0.39 is 11.8 Å². The highest BCUT2D eigenvalue weighted by atomic mass is 32.2. The number of carbonyl (C=O) groups is 1. The Morgan fingerprint density at radius 2 is 2.18 bits per heavy atom. The highest BCUT2D eigenvalue weighted by molar-refractivity contribution is 7.98. The van der Waals surface area contributed by atoms with Gasteiger partial charge in [0, 0.05) is 5.75 Å². The number of carboxylic acid groups (broad SMARTS) is 1. The van der Waals surface area contributed by atoms with Gasteiger partial charge >= 0.3 is 5.97 Å². The molecular weight excluding hydrogens is 239 g/mol. The number of aromatic carboxylic acids is 1. The monoisotopic (exact) mass is 256 g/mol. The van der Waals surface area contributed by atoms with Crippen LogP contribution < -0.4 is 0 Å². The Kier molecular flexibility index (Phi) is 5.48. The molecule has 17 heavy (non-hydrogen) atoms. The first-order chi connectivity index (χ1) is 8.00. The fourth-order valence-corrected chi connectivity index (χ4v) is 2.53. The van der Waals surface area contributed by atoms with E-state index in [1.54, 1.807) is 17.8 Å². The molecule has 94 valence electrons. The molecule has 0 amide bonds. The minimum absolute atomic E-state index is 0.00145. The van der Waals surface area contributed by atoms with Crippen LogP contribution in [0.15, 0.2) is 18.2 Å². The molecule has 1 rings (SSSR count). The van der Waals surface area contributed by atoms with Crippen LogP contribution in [0.1, 0.15) is 36.2 Å². The van der Waals surface area contributed by atoms with E-state index in [0.29, 0.717) is 17.2 Å². The van der Waals surface area contributed by atoms with Crippen LogP contribution in [-0.2, 0) is 5.75 Å². The first kappa shape index (κ1) is 14.0. The molecule has 1 aromatic rings. The molecule has 0 aromatic heterocycles. The zero-order valence-electron chi connectivity index (χ0n) is 10.1. The molecule has 0 fully saturated rings. The van der Waals surface area contributed by atoms with E-state index in [0.717, 1.165) is 18.2 Å². The molecule has 0 bridgehead atoms. The average Bonchev–Trinajstić information content (AvgIpc) is 2.25. The number of hydrogen-bond donors (Lipinski definition) is 1. The second-order valence-electron chi connectivity index (χ2n) is 4.35. The van der Waals surface area contributed by atoms with Crippen LogP contribution in [-0.4, -0.2) is 16.8 Å². The highest BCUT2D eigenvalue weighted by Gasteiger charge is 2.08. The summed E-state index contributed by atoms with van der Waals surface area (Å²) in [5, 5.41) is 8.70. The molecule has 1 N–H and O–H groups in total. The van der Waals surface area contributed by atoms with Gasteiger partial charge in [0.05, 0.1) is 5.56 Å². The number of hydrogen-bond acceptors (Lipinski definition) is 2. The van der Waals surface area contributed by atoms with Crippen LogP contribution in [0, 0.1) is 11.7 Å². The van der Waals surface area contributed by atoms with E-state index >= 15 is 0 Å². The van der Waals surface area contributed by atoms with Crippen molar-refractivity contribution in [2.75, 3.05) is 5.75 Å². The highest BCUT2D eigenvalue weighted by Crippen LogP contribution is 2.19. The Balaban J connectivity index is 2.52. The summed E-state index contributed by atoms with van der Waals surface area (Å²) in [4.78, 5) is 10.6. The Hall–Kier alpha value is -1.03. The number of carboxylic acids is 1. The molecule has 0 heterocycles. The minimum Gasteiger partial charge on any atom is -0.478 e. The summed E-state index contributed by atoms with van der Waals surface area (Å²) in [5.74, 6) is 0.725. The lowest BCUT2D eigenvalue weighted by Gasteiger charge is -2.06. The fraction of sp³-hybridized carbons (Fsp3) is 0.462. The Morgan fingerprint density at radius 1 is 1.47 bits per heavy atom. The zero-order chi connectivity index (χ0) is 12.8. The van der Waals surface area contributed by atoms with Gasteiger partial charge in [-0.05, 0) is 35.8 Å². The molecule has 0 radical (unpaired) electrons. The third-order valence-electron chi connectivity index (χ3n) is 2.40. The molecule has 0 saturated carbocycles. The molecule has 0 aliphatic rings. The summed E-state index contributed by atoms with van der Waals surface area (Å²) in [6.45, 7) is 4.31. The van der Waals surface area contributed by atoms with Crippen molar-refractivity contribution in [1.82, 2.24) is 0 Å². The van der Waals surface area contributed by atoms with Crippen LogP contribution in [0.2, 0.25) is 0 Å². The van der Waals surface area contributed by atoms with E-state index in [-0.39, 0.29) is 5.56 Å². The van der Waals surface area contributed by atoms with Gasteiger partial charge in [-0.2, -0.15) is 11.8 Å². The van der Waals surface area contributed by atoms with Gasteiger partial charge < -0.3 is 5.11 Å². The number of halogens is 1. The lowest BCUT2D eigenvalue weighted by atomic mass is 10.1. The summed E-state index contributed by atoms with van der Waals surface area (Å²) >= 11 is 1.68. The van der Waals surface area contributed by atoms with Gasteiger partial charge in [0.15, 0.2) is 0 Å². The molecule has 2 nitrogen and oxygen atoms in total. The molecular formula is C13H17FO2S. The minimum atomic E-state index is -1.09.